The van der Waals surface area contributed by atoms with Gasteiger partial charge in [-0.05, 0) is 12.8 Å². The summed E-state index contributed by atoms with van der Waals surface area (Å²) in [4.78, 5) is 36.6. The van der Waals surface area contributed by atoms with E-state index in [9.17, 15) is 19.5 Å². The van der Waals surface area contributed by atoms with E-state index in [2.05, 4.69) is 13.8 Å². The van der Waals surface area contributed by atoms with E-state index in [1.165, 1.54) is 103 Å². The van der Waals surface area contributed by atoms with E-state index in [1.54, 1.807) is 0 Å². The quantitative estimate of drug-likeness (QED) is 0.0292. The summed E-state index contributed by atoms with van der Waals surface area (Å²) in [5.41, 5.74) is 0. The average Bonchev–Trinajstić information content (AvgIpc) is 3.02. The number of hydrogen-bond acceptors (Lipinski definition) is 8. The van der Waals surface area contributed by atoms with E-state index in [1.807, 2.05) is 21.1 Å². The lowest BCUT2D eigenvalue weighted by Gasteiger charge is -2.26. The molecule has 2 atom stereocenters. The molecule has 0 aliphatic rings. The fourth-order valence-electron chi connectivity index (χ4n) is 5.30. The maximum atomic E-state index is 12.6. The number of likely N-dealkylation sites (N-methyl/N-ethyl adjacent to an activating group) is 1. The Morgan fingerprint density at radius 1 is 0.553 bits per heavy atom. The number of ether oxygens (including phenoxy) is 4. The molecule has 0 bridgehead atoms. The number of esters is 2. The number of carboxylic acid groups (broad SMARTS) is 1. The highest BCUT2D eigenvalue weighted by molar-refractivity contribution is 5.70. The molecule has 0 heterocycles. The first-order valence-electron chi connectivity index (χ1n) is 19.2. The molecule has 47 heavy (non-hydrogen) atoms. The van der Waals surface area contributed by atoms with Crippen LogP contribution in [0, 0.1) is 0 Å². The Balaban J connectivity index is 4.51. The van der Waals surface area contributed by atoms with Crippen LogP contribution in [0.25, 0.3) is 0 Å². The molecular weight excluding hydrogens is 598 g/mol. The van der Waals surface area contributed by atoms with Gasteiger partial charge in [0.05, 0.1) is 40.3 Å². The second kappa shape index (κ2) is 31.6. The van der Waals surface area contributed by atoms with Crippen molar-refractivity contribution in [3.8, 4) is 0 Å². The van der Waals surface area contributed by atoms with Gasteiger partial charge >= 0.3 is 11.9 Å². The highest BCUT2D eigenvalue weighted by atomic mass is 16.7. The normalized spacial score (nSPS) is 13.0. The van der Waals surface area contributed by atoms with Crippen molar-refractivity contribution < 1.29 is 42.9 Å². The molecule has 0 aromatic carbocycles. The van der Waals surface area contributed by atoms with Gasteiger partial charge in [0.1, 0.15) is 13.2 Å². The second-order valence-electron chi connectivity index (χ2n) is 14.2. The summed E-state index contributed by atoms with van der Waals surface area (Å²) in [6.45, 7) is 4.71. The summed E-state index contributed by atoms with van der Waals surface area (Å²) in [7, 11) is 5.90. The van der Waals surface area contributed by atoms with Crippen LogP contribution < -0.4 is 5.11 Å². The molecular formula is C38H73NO8. The summed E-state index contributed by atoms with van der Waals surface area (Å²) >= 11 is 0. The van der Waals surface area contributed by atoms with Crippen molar-refractivity contribution in [3.63, 3.8) is 0 Å². The number of unbranched alkanes of at least 4 members (excludes halogenated alkanes) is 20. The Morgan fingerprint density at radius 2 is 0.957 bits per heavy atom. The molecule has 0 aromatic heterocycles. The van der Waals surface area contributed by atoms with Gasteiger partial charge in [0, 0.05) is 12.8 Å². The zero-order valence-electron chi connectivity index (χ0n) is 31.2. The Morgan fingerprint density at radius 3 is 1.36 bits per heavy atom. The third-order valence-electron chi connectivity index (χ3n) is 8.35. The minimum Gasteiger partial charge on any atom is -0.545 e. The first-order chi connectivity index (χ1) is 22.6. The van der Waals surface area contributed by atoms with Gasteiger partial charge in [0.15, 0.2) is 12.4 Å². The number of carboxylic acids is 1. The summed E-state index contributed by atoms with van der Waals surface area (Å²) in [6, 6.07) is 0. The Labute approximate surface area is 288 Å². The van der Waals surface area contributed by atoms with Crippen molar-refractivity contribution in [3.05, 3.63) is 0 Å². The maximum absolute atomic E-state index is 12.6. The van der Waals surface area contributed by atoms with Gasteiger partial charge in [-0.2, -0.15) is 0 Å². The highest BCUT2D eigenvalue weighted by Crippen LogP contribution is 2.14. The lowest BCUT2D eigenvalue weighted by atomic mass is 10.0. The van der Waals surface area contributed by atoms with Crippen LogP contribution in [-0.2, 0) is 33.3 Å². The van der Waals surface area contributed by atoms with Crippen molar-refractivity contribution >= 4 is 17.9 Å². The predicted octanol–water partition coefficient (Wildman–Crippen LogP) is 7.66. The zero-order chi connectivity index (χ0) is 35.0. The minimum absolute atomic E-state index is 0.152. The van der Waals surface area contributed by atoms with Crippen LogP contribution in [0.3, 0.4) is 0 Å². The van der Waals surface area contributed by atoms with Crippen LogP contribution in [0.2, 0.25) is 0 Å². The molecule has 0 aliphatic carbocycles. The number of carbonyl (C=O) groups excluding carboxylic acids is 3. The number of hydrogen-bond donors (Lipinski definition) is 0. The Hall–Kier alpha value is -1.71. The van der Waals surface area contributed by atoms with E-state index in [-0.39, 0.29) is 32.2 Å². The summed E-state index contributed by atoms with van der Waals surface area (Å²) < 4.78 is 22.4. The van der Waals surface area contributed by atoms with Gasteiger partial charge in [0.25, 0.3) is 0 Å². The van der Waals surface area contributed by atoms with Gasteiger partial charge in [-0.15, -0.1) is 0 Å². The van der Waals surface area contributed by atoms with Crippen LogP contribution >= 0.6 is 0 Å². The van der Waals surface area contributed by atoms with E-state index < -0.39 is 24.3 Å². The van der Waals surface area contributed by atoms with Crippen molar-refractivity contribution in [2.45, 2.75) is 180 Å². The van der Waals surface area contributed by atoms with Gasteiger partial charge in [-0.25, -0.2) is 0 Å². The van der Waals surface area contributed by atoms with Crippen molar-refractivity contribution in [2.75, 3.05) is 47.5 Å². The molecule has 0 spiro atoms. The van der Waals surface area contributed by atoms with Crippen LogP contribution in [0.4, 0.5) is 0 Å². The molecule has 0 amide bonds. The standard InChI is InChI=1S/C38H73NO8/c1-6-8-10-12-14-16-17-18-19-21-23-25-27-29-36(41)47-34(33-46-38(37(42)43)44-31-30-39(3,4)5)32-45-35(40)28-26-24-22-20-15-13-11-9-7-2/h34,38H,6-33H2,1-5H3. The molecule has 0 fully saturated rings. The number of carbonyl (C=O) groups is 3. The van der Waals surface area contributed by atoms with E-state index >= 15 is 0 Å². The number of rotatable bonds is 35. The lowest BCUT2D eigenvalue weighted by molar-refractivity contribution is -0.870. The van der Waals surface area contributed by atoms with Crippen LogP contribution in [-0.4, -0.2) is 82.3 Å². The van der Waals surface area contributed by atoms with Gasteiger partial charge in [-0.1, -0.05) is 142 Å². The summed E-state index contributed by atoms with van der Waals surface area (Å²) in [5, 5.41) is 11.6. The SMILES string of the molecule is CCCCCCCCCCCCCCCC(=O)OC(COC(=O)CCCCCCCCCCC)COC(OCC[N+](C)(C)C)C(=O)[O-]. The molecule has 0 aromatic rings. The third kappa shape index (κ3) is 32.6. The monoisotopic (exact) mass is 672 g/mol. The molecule has 9 heteroatoms. The molecule has 0 aliphatic heterocycles. The molecule has 0 radical (unpaired) electrons. The first-order valence-corrected chi connectivity index (χ1v) is 19.2. The van der Waals surface area contributed by atoms with Gasteiger partial charge < -0.3 is 33.3 Å². The predicted molar refractivity (Wildman–Crippen MR) is 187 cm³/mol. The summed E-state index contributed by atoms with van der Waals surface area (Å²) in [6.07, 6.45) is 24.2. The molecule has 0 rings (SSSR count). The second-order valence-corrected chi connectivity index (χ2v) is 14.2. The Kier molecular flexibility index (Phi) is 30.4. The van der Waals surface area contributed by atoms with Crippen molar-refractivity contribution in [1.29, 1.82) is 0 Å². The first kappa shape index (κ1) is 45.3. The number of nitrogens with zero attached hydrogens (tertiary/aromatic N) is 1. The van der Waals surface area contributed by atoms with E-state index in [4.69, 9.17) is 18.9 Å². The maximum Gasteiger partial charge on any atom is 0.306 e. The summed E-state index contributed by atoms with van der Waals surface area (Å²) in [5.74, 6) is -2.28. The van der Waals surface area contributed by atoms with Gasteiger partial charge in [-0.3, -0.25) is 9.59 Å². The lowest BCUT2D eigenvalue weighted by Crippen LogP contribution is -2.44. The zero-order valence-corrected chi connectivity index (χ0v) is 31.2. The molecule has 2 unspecified atom stereocenters. The van der Waals surface area contributed by atoms with E-state index in [0.717, 1.165) is 38.5 Å². The molecule has 0 saturated heterocycles. The Bertz CT molecular complexity index is 754. The molecule has 9 nitrogen and oxygen atoms in total. The minimum atomic E-state index is -1.61. The molecule has 0 saturated carbocycles. The van der Waals surface area contributed by atoms with Crippen molar-refractivity contribution in [2.24, 2.45) is 0 Å². The third-order valence-corrected chi connectivity index (χ3v) is 8.35. The number of quaternary nitrogens is 1. The topological polar surface area (TPSA) is 111 Å². The largest absolute Gasteiger partial charge is 0.545 e. The smallest absolute Gasteiger partial charge is 0.306 e. The fraction of sp³-hybridized carbons (Fsp3) is 0.921. The highest BCUT2D eigenvalue weighted by Gasteiger charge is 2.21. The van der Waals surface area contributed by atoms with Crippen LogP contribution in [0.15, 0.2) is 0 Å². The van der Waals surface area contributed by atoms with Gasteiger partial charge in [0.2, 0.25) is 0 Å². The van der Waals surface area contributed by atoms with Crippen LogP contribution in [0.5, 0.6) is 0 Å². The van der Waals surface area contributed by atoms with Crippen molar-refractivity contribution in [1.82, 2.24) is 0 Å². The fourth-order valence-corrected chi connectivity index (χ4v) is 5.30. The van der Waals surface area contributed by atoms with E-state index in [0.29, 0.717) is 17.4 Å². The molecule has 0 N–H and O–H groups in total. The van der Waals surface area contributed by atoms with Crippen LogP contribution in [0.1, 0.15) is 168 Å². The average molecular weight is 672 g/mol. The number of aliphatic carboxylic acids is 1. The molecule has 278 valence electrons.